The van der Waals surface area contributed by atoms with E-state index in [1.165, 1.54) is 12.3 Å². The van der Waals surface area contributed by atoms with Gasteiger partial charge in [0, 0.05) is 38.0 Å². The predicted octanol–water partition coefficient (Wildman–Crippen LogP) is 1.41. The van der Waals surface area contributed by atoms with Gasteiger partial charge in [-0.3, -0.25) is 19.8 Å². The number of hydrogen-bond acceptors (Lipinski definition) is 7. The van der Waals surface area contributed by atoms with E-state index >= 15 is 0 Å². The molecule has 1 saturated heterocycles. The van der Waals surface area contributed by atoms with Crippen molar-refractivity contribution in [3.63, 3.8) is 0 Å². The standard InChI is InChI=1S/C17H18N4O5/c18-10-12-11-19-14-9-16(15(21(23)24)8-13(14)17(12)22)26-5-1-2-20-3-6-25-7-4-20/h8-9,11H,1-7H2,(H,19,22). The number of fused-ring (bicyclic) bond motifs is 1. The van der Waals surface area contributed by atoms with Gasteiger partial charge in [0.2, 0.25) is 5.43 Å². The summed E-state index contributed by atoms with van der Waals surface area (Å²) >= 11 is 0. The first-order valence-corrected chi connectivity index (χ1v) is 8.27. The Hall–Kier alpha value is -2.96. The van der Waals surface area contributed by atoms with Gasteiger partial charge in [-0.1, -0.05) is 0 Å². The van der Waals surface area contributed by atoms with Crippen LogP contribution in [0.15, 0.2) is 23.1 Å². The molecule has 0 amide bonds. The van der Waals surface area contributed by atoms with Gasteiger partial charge < -0.3 is 14.5 Å². The number of ether oxygens (including phenoxy) is 2. The Balaban J connectivity index is 1.76. The average Bonchev–Trinajstić information content (AvgIpc) is 2.66. The summed E-state index contributed by atoms with van der Waals surface area (Å²) in [4.78, 5) is 28.0. The quantitative estimate of drug-likeness (QED) is 0.470. The molecule has 0 radical (unpaired) electrons. The van der Waals surface area contributed by atoms with Gasteiger partial charge in [0.15, 0.2) is 5.75 Å². The number of nitro benzene ring substituents is 1. The van der Waals surface area contributed by atoms with Crippen LogP contribution in [0.5, 0.6) is 5.75 Å². The Morgan fingerprint density at radius 3 is 2.85 bits per heavy atom. The molecule has 1 aliphatic heterocycles. The van der Waals surface area contributed by atoms with Crippen molar-refractivity contribution in [2.45, 2.75) is 6.42 Å². The van der Waals surface area contributed by atoms with Crippen molar-refractivity contribution >= 4 is 16.6 Å². The van der Waals surface area contributed by atoms with Gasteiger partial charge in [-0.2, -0.15) is 5.26 Å². The third-order valence-electron chi connectivity index (χ3n) is 4.26. The number of nitrogens with one attached hydrogen (secondary N) is 1. The molecular formula is C17H18N4O5. The molecule has 9 nitrogen and oxygen atoms in total. The van der Waals surface area contributed by atoms with Crippen LogP contribution in [0.3, 0.4) is 0 Å². The Morgan fingerprint density at radius 2 is 2.15 bits per heavy atom. The normalized spacial score (nSPS) is 14.9. The number of pyridine rings is 1. The second kappa shape index (κ2) is 7.95. The van der Waals surface area contributed by atoms with Crippen LogP contribution in [0.4, 0.5) is 5.69 Å². The van der Waals surface area contributed by atoms with Gasteiger partial charge in [-0.05, 0) is 6.42 Å². The topological polar surface area (TPSA) is 121 Å². The molecule has 1 N–H and O–H groups in total. The van der Waals surface area contributed by atoms with Crippen LogP contribution in [0.25, 0.3) is 10.9 Å². The molecule has 136 valence electrons. The number of aromatic amines is 1. The van der Waals surface area contributed by atoms with Crippen molar-refractivity contribution in [2.24, 2.45) is 0 Å². The summed E-state index contributed by atoms with van der Waals surface area (Å²) < 4.78 is 10.9. The van der Waals surface area contributed by atoms with E-state index in [1.54, 1.807) is 6.07 Å². The highest BCUT2D eigenvalue weighted by Crippen LogP contribution is 2.30. The van der Waals surface area contributed by atoms with Crippen LogP contribution in [-0.2, 0) is 4.74 Å². The monoisotopic (exact) mass is 358 g/mol. The lowest BCUT2D eigenvalue weighted by Gasteiger charge is -2.26. The highest BCUT2D eigenvalue weighted by molar-refractivity contribution is 5.84. The van der Waals surface area contributed by atoms with Crippen molar-refractivity contribution in [1.82, 2.24) is 9.88 Å². The van der Waals surface area contributed by atoms with Crippen molar-refractivity contribution < 1.29 is 14.4 Å². The van der Waals surface area contributed by atoms with Crippen molar-refractivity contribution in [2.75, 3.05) is 39.5 Å². The molecule has 1 aromatic carbocycles. The van der Waals surface area contributed by atoms with Gasteiger partial charge in [-0.25, -0.2) is 0 Å². The Labute approximate surface area is 148 Å². The molecule has 2 aromatic rings. The predicted molar refractivity (Wildman–Crippen MR) is 93.3 cm³/mol. The fraction of sp³-hybridized carbons (Fsp3) is 0.412. The van der Waals surface area contributed by atoms with E-state index in [0.29, 0.717) is 12.1 Å². The highest BCUT2D eigenvalue weighted by Gasteiger charge is 2.19. The zero-order chi connectivity index (χ0) is 18.5. The molecule has 1 aromatic heterocycles. The highest BCUT2D eigenvalue weighted by atomic mass is 16.6. The molecule has 26 heavy (non-hydrogen) atoms. The van der Waals surface area contributed by atoms with Crippen LogP contribution < -0.4 is 10.2 Å². The maximum atomic E-state index is 12.2. The molecule has 1 aliphatic rings. The first-order chi connectivity index (χ1) is 12.6. The van der Waals surface area contributed by atoms with Gasteiger partial charge in [-0.15, -0.1) is 0 Å². The van der Waals surface area contributed by atoms with E-state index in [2.05, 4.69) is 9.88 Å². The average molecular weight is 358 g/mol. The fourth-order valence-electron chi connectivity index (χ4n) is 2.87. The summed E-state index contributed by atoms with van der Waals surface area (Å²) in [5, 5.41) is 20.4. The summed E-state index contributed by atoms with van der Waals surface area (Å²) in [5.41, 5.74) is -0.526. The number of nitro groups is 1. The van der Waals surface area contributed by atoms with Gasteiger partial charge >= 0.3 is 5.69 Å². The number of benzene rings is 1. The third-order valence-corrected chi connectivity index (χ3v) is 4.26. The Morgan fingerprint density at radius 1 is 1.38 bits per heavy atom. The fourth-order valence-corrected chi connectivity index (χ4v) is 2.87. The number of rotatable bonds is 6. The Kier molecular flexibility index (Phi) is 5.46. The van der Waals surface area contributed by atoms with Gasteiger partial charge in [0.1, 0.15) is 11.6 Å². The minimum Gasteiger partial charge on any atom is -0.487 e. The maximum absolute atomic E-state index is 12.2. The molecule has 9 heteroatoms. The zero-order valence-electron chi connectivity index (χ0n) is 14.1. The van der Waals surface area contributed by atoms with E-state index in [9.17, 15) is 14.9 Å². The van der Waals surface area contributed by atoms with Crippen molar-refractivity contribution in [3.8, 4) is 11.8 Å². The molecule has 0 saturated carbocycles. The summed E-state index contributed by atoms with van der Waals surface area (Å²) in [6.45, 7) is 4.33. The number of hydrogen-bond donors (Lipinski definition) is 1. The minimum atomic E-state index is -0.588. The first kappa shape index (κ1) is 17.8. The number of aromatic nitrogens is 1. The van der Waals surface area contributed by atoms with Crippen LogP contribution in [0.1, 0.15) is 12.0 Å². The summed E-state index contributed by atoms with van der Waals surface area (Å²) in [5.74, 6) is 0.102. The minimum absolute atomic E-state index is 0.0917. The SMILES string of the molecule is N#Cc1c[nH]c2cc(OCCCN3CCOCC3)c([N+](=O)[O-])cc2c1=O. The molecule has 0 unspecified atom stereocenters. The summed E-state index contributed by atoms with van der Waals surface area (Å²) in [7, 11) is 0. The van der Waals surface area contributed by atoms with E-state index in [0.717, 1.165) is 45.3 Å². The lowest BCUT2D eigenvalue weighted by Crippen LogP contribution is -2.37. The van der Waals surface area contributed by atoms with E-state index in [4.69, 9.17) is 14.7 Å². The Bertz CT molecular complexity index is 912. The van der Waals surface area contributed by atoms with Crippen LogP contribution in [-0.4, -0.2) is 54.3 Å². The summed E-state index contributed by atoms with van der Waals surface area (Å²) in [6.07, 6.45) is 2.01. The molecule has 0 atom stereocenters. The lowest BCUT2D eigenvalue weighted by atomic mass is 10.1. The zero-order valence-corrected chi connectivity index (χ0v) is 14.1. The van der Waals surface area contributed by atoms with E-state index in [-0.39, 0.29) is 22.4 Å². The second-order valence-corrected chi connectivity index (χ2v) is 5.92. The van der Waals surface area contributed by atoms with Gasteiger partial charge in [0.05, 0.1) is 35.6 Å². The molecule has 1 fully saturated rings. The van der Waals surface area contributed by atoms with Crippen LogP contribution in [0, 0.1) is 21.4 Å². The largest absolute Gasteiger partial charge is 0.487 e. The molecule has 0 bridgehead atoms. The van der Waals surface area contributed by atoms with Crippen LogP contribution in [0.2, 0.25) is 0 Å². The molecular weight excluding hydrogens is 340 g/mol. The maximum Gasteiger partial charge on any atom is 0.311 e. The number of H-pyrrole nitrogens is 1. The molecule has 3 rings (SSSR count). The van der Waals surface area contributed by atoms with Crippen molar-refractivity contribution in [3.05, 3.63) is 44.2 Å². The number of morpholine rings is 1. The van der Waals surface area contributed by atoms with Crippen molar-refractivity contribution in [1.29, 1.82) is 5.26 Å². The smallest absolute Gasteiger partial charge is 0.311 e. The summed E-state index contributed by atoms with van der Waals surface area (Å²) in [6, 6.07) is 4.36. The van der Waals surface area contributed by atoms with E-state index in [1.807, 2.05) is 0 Å². The van der Waals surface area contributed by atoms with E-state index < -0.39 is 10.4 Å². The number of nitrogens with zero attached hydrogens (tertiary/aromatic N) is 3. The lowest BCUT2D eigenvalue weighted by molar-refractivity contribution is -0.385. The first-order valence-electron chi connectivity index (χ1n) is 8.27. The van der Waals surface area contributed by atoms with Gasteiger partial charge in [0.25, 0.3) is 0 Å². The molecule has 2 heterocycles. The number of nitriles is 1. The third kappa shape index (κ3) is 3.82. The van der Waals surface area contributed by atoms with Crippen LogP contribution >= 0.6 is 0 Å². The molecule has 0 spiro atoms. The second-order valence-electron chi connectivity index (χ2n) is 5.92. The molecule has 0 aliphatic carbocycles.